The van der Waals surface area contributed by atoms with E-state index in [4.69, 9.17) is 5.26 Å². The molecule has 5 nitrogen and oxygen atoms in total. The van der Waals surface area contributed by atoms with Crippen molar-refractivity contribution in [1.82, 2.24) is 9.80 Å². The lowest BCUT2D eigenvalue weighted by Crippen LogP contribution is -2.51. The molecule has 0 saturated carbocycles. The second kappa shape index (κ2) is 11.0. The number of amides is 1. The first kappa shape index (κ1) is 22.9. The van der Waals surface area contributed by atoms with E-state index in [0.717, 1.165) is 41.9 Å². The van der Waals surface area contributed by atoms with Gasteiger partial charge in [-0.15, -0.1) is 0 Å². The minimum Gasteiger partial charge on any atom is -0.369 e. The van der Waals surface area contributed by atoms with Gasteiger partial charge in [0.2, 0.25) is 5.91 Å². The molecule has 3 rings (SSSR count). The molecular weight excluding hydrogens is 428 g/mol. The number of nitriles is 1. The van der Waals surface area contributed by atoms with Gasteiger partial charge in [0, 0.05) is 50.4 Å². The van der Waals surface area contributed by atoms with Gasteiger partial charge in [-0.05, 0) is 39.7 Å². The average Bonchev–Trinajstić information content (AvgIpc) is 2.76. The lowest BCUT2D eigenvalue weighted by atomic mass is 10.0. The van der Waals surface area contributed by atoms with Gasteiger partial charge in [0.1, 0.15) is 12.1 Å². The minimum absolute atomic E-state index is 0.107. The Bertz CT molecular complexity index is 840. The summed E-state index contributed by atoms with van der Waals surface area (Å²) in [5.41, 5.74) is 2.76. The summed E-state index contributed by atoms with van der Waals surface area (Å²) < 4.78 is 0.815. The standard InChI is InChI=1S/C21H23BrN4O.C2H6/c1-24(2)21(27)20(16-6-4-3-5-7-16)26-12-10-25(11-13-26)18-9-8-17(15-23)19(22)14-18;1-2/h3-9,14,20H,10-13H2,1-2H3;1-2H3. The quantitative estimate of drug-likeness (QED) is 0.687. The highest BCUT2D eigenvalue weighted by Crippen LogP contribution is 2.28. The van der Waals surface area contributed by atoms with Gasteiger partial charge < -0.3 is 9.80 Å². The highest BCUT2D eigenvalue weighted by atomic mass is 79.9. The summed E-state index contributed by atoms with van der Waals surface area (Å²) in [6, 6.07) is 17.7. The van der Waals surface area contributed by atoms with Crippen molar-refractivity contribution in [2.75, 3.05) is 45.2 Å². The SMILES string of the molecule is CC.CN(C)C(=O)C(c1ccccc1)N1CCN(c2ccc(C#N)c(Br)c2)CC1. The Kier molecular flexibility index (Phi) is 8.69. The molecule has 1 saturated heterocycles. The first-order valence-electron chi connectivity index (χ1n) is 9.96. The number of carbonyl (C=O) groups is 1. The second-order valence-corrected chi connectivity index (χ2v) is 7.70. The van der Waals surface area contributed by atoms with Crippen LogP contribution in [0.4, 0.5) is 5.69 Å². The number of likely N-dealkylation sites (N-methyl/N-ethyl adjacent to an activating group) is 1. The summed E-state index contributed by atoms with van der Waals surface area (Å²) in [4.78, 5) is 19.1. The molecule has 1 heterocycles. The van der Waals surface area contributed by atoms with Crippen molar-refractivity contribution in [3.63, 3.8) is 0 Å². The van der Waals surface area contributed by atoms with Crippen LogP contribution in [0, 0.1) is 11.3 Å². The van der Waals surface area contributed by atoms with Crippen molar-refractivity contribution >= 4 is 27.5 Å². The van der Waals surface area contributed by atoms with E-state index in [-0.39, 0.29) is 11.9 Å². The molecule has 0 N–H and O–H groups in total. The molecule has 0 spiro atoms. The third-order valence-corrected chi connectivity index (χ3v) is 5.56. The zero-order chi connectivity index (χ0) is 21.4. The normalized spacial score (nSPS) is 15.0. The first-order valence-corrected chi connectivity index (χ1v) is 10.8. The fourth-order valence-electron chi connectivity index (χ4n) is 3.42. The smallest absolute Gasteiger partial charge is 0.244 e. The number of anilines is 1. The maximum Gasteiger partial charge on any atom is 0.244 e. The molecule has 6 heteroatoms. The average molecular weight is 457 g/mol. The Labute approximate surface area is 182 Å². The third kappa shape index (κ3) is 5.59. The van der Waals surface area contributed by atoms with E-state index in [2.05, 4.69) is 31.8 Å². The largest absolute Gasteiger partial charge is 0.369 e. The van der Waals surface area contributed by atoms with Crippen LogP contribution >= 0.6 is 15.9 Å². The summed E-state index contributed by atoms with van der Waals surface area (Å²) in [6.45, 7) is 7.28. The lowest BCUT2D eigenvalue weighted by Gasteiger charge is -2.40. The van der Waals surface area contributed by atoms with Gasteiger partial charge >= 0.3 is 0 Å². The van der Waals surface area contributed by atoms with E-state index >= 15 is 0 Å². The van der Waals surface area contributed by atoms with Crippen LogP contribution in [0.2, 0.25) is 0 Å². The zero-order valence-corrected chi connectivity index (χ0v) is 19.2. The van der Waals surface area contributed by atoms with E-state index in [0.29, 0.717) is 5.56 Å². The molecule has 1 aliphatic heterocycles. The van der Waals surface area contributed by atoms with Gasteiger partial charge in [0.15, 0.2) is 0 Å². The van der Waals surface area contributed by atoms with Gasteiger partial charge in [-0.2, -0.15) is 5.26 Å². The van der Waals surface area contributed by atoms with Crippen LogP contribution < -0.4 is 4.90 Å². The molecule has 0 bridgehead atoms. The molecular formula is C23H29BrN4O. The molecule has 1 amide bonds. The minimum atomic E-state index is -0.254. The lowest BCUT2D eigenvalue weighted by molar-refractivity contribution is -0.134. The van der Waals surface area contributed by atoms with Crippen LogP contribution in [0.25, 0.3) is 0 Å². The summed E-state index contributed by atoms with van der Waals surface area (Å²) in [5.74, 6) is 0.107. The predicted molar refractivity (Wildman–Crippen MR) is 122 cm³/mol. The van der Waals surface area contributed by atoms with Gasteiger partial charge in [-0.25, -0.2) is 0 Å². The van der Waals surface area contributed by atoms with Crippen LogP contribution in [0.3, 0.4) is 0 Å². The van der Waals surface area contributed by atoms with E-state index in [1.54, 1.807) is 4.90 Å². The Morgan fingerprint density at radius 2 is 1.69 bits per heavy atom. The molecule has 0 radical (unpaired) electrons. The van der Waals surface area contributed by atoms with Crippen molar-refractivity contribution in [3.05, 3.63) is 64.1 Å². The Morgan fingerprint density at radius 1 is 1.07 bits per heavy atom. The van der Waals surface area contributed by atoms with Gasteiger partial charge in [-0.1, -0.05) is 44.2 Å². The third-order valence-electron chi connectivity index (χ3n) is 4.91. The molecule has 29 heavy (non-hydrogen) atoms. The molecule has 2 aromatic rings. The second-order valence-electron chi connectivity index (χ2n) is 6.84. The van der Waals surface area contributed by atoms with E-state index in [1.165, 1.54) is 0 Å². The first-order chi connectivity index (χ1) is 14.0. The van der Waals surface area contributed by atoms with E-state index in [1.807, 2.05) is 76.5 Å². The maximum absolute atomic E-state index is 12.8. The van der Waals surface area contributed by atoms with E-state index in [9.17, 15) is 4.79 Å². The molecule has 2 aromatic carbocycles. The van der Waals surface area contributed by atoms with Crippen LogP contribution in [0.1, 0.15) is 31.0 Å². The van der Waals surface area contributed by atoms with Crippen LogP contribution in [0.5, 0.6) is 0 Å². The topological polar surface area (TPSA) is 50.6 Å². The number of rotatable bonds is 4. The summed E-state index contributed by atoms with van der Waals surface area (Å²) >= 11 is 3.46. The van der Waals surface area contributed by atoms with Gasteiger partial charge in [-0.3, -0.25) is 9.69 Å². The molecule has 1 atom stereocenters. The van der Waals surface area contributed by atoms with Crippen molar-refractivity contribution in [1.29, 1.82) is 5.26 Å². The van der Waals surface area contributed by atoms with Crippen molar-refractivity contribution in [3.8, 4) is 6.07 Å². The van der Waals surface area contributed by atoms with E-state index < -0.39 is 0 Å². The maximum atomic E-state index is 12.8. The molecule has 0 aliphatic carbocycles. The predicted octanol–water partition coefficient (Wildman–Crippen LogP) is 4.30. The summed E-state index contributed by atoms with van der Waals surface area (Å²) in [6.07, 6.45) is 0. The van der Waals surface area contributed by atoms with Gasteiger partial charge in [0.25, 0.3) is 0 Å². The molecule has 1 aliphatic rings. The monoisotopic (exact) mass is 456 g/mol. The Balaban J connectivity index is 0.00000145. The number of benzene rings is 2. The number of nitrogens with zero attached hydrogens (tertiary/aromatic N) is 4. The molecule has 154 valence electrons. The number of piperazine rings is 1. The van der Waals surface area contributed by atoms with Crippen LogP contribution in [-0.4, -0.2) is 56.0 Å². The van der Waals surface area contributed by atoms with Crippen LogP contribution in [0.15, 0.2) is 53.0 Å². The van der Waals surface area contributed by atoms with Gasteiger partial charge in [0.05, 0.1) is 5.56 Å². The van der Waals surface area contributed by atoms with Crippen molar-refractivity contribution < 1.29 is 4.79 Å². The van der Waals surface area contributed by atoms with Crippen molar-refractivity contribution in [2.24, 2.45) is 0 Å². The van der Waals surface area contributed by atoms with Crippen LogP contribution in [-0.2, 0) is 4.79 Å². The number of hydrogen-bond donors (Lipinski definition) is 0. The number of carbonyl (C=O) groups excluding carboxylic acids is 1. The summed E-state index contributed by atoms with van der Waals surface area (Å²) in [7, 11) is 3.62. The summed E-state index contributed by atoms with van der Waals surface area (Å²) in [5, 5.41) is 9.08. The number of hydrogen-bond acceptors (Lipinski definition) is 4. The molecule has 1 unspecified atom stereocenters. The highest BCUT2D eigenvalue weighted by Gasteiger charge is 2.31. The zero-order valence-electron chi connectivity index (χ0n) is 17.6. The highest BCUT2D eigenvalue weighted by molar-refractivity contribution is 9.10. The molecule has 1 fully saturated rings. The fourth-order valence-corrected chi connectivity index (χ4v) is 3.87. The Hall–Kier alpha value is -2.36. The van der Waals surface area contributed by atoms with Crippen molar-refractivity contribution in [2.45, 2.75) is 19.9 Å². The molecule has 0 aromatic heterocycles. The Morgan fingerprint density at radius 3 is 2.21 bits per heavy atom. The number of halogens is 1. The fraction of sp³-hybridized carbons (Fsp3) is 0.391.